The van der Waals surface area contributed by atoms with Gasteiger partial charge in [-0.15, -0.1) is 0 Å². The Hall–Kier alpha value is -8.34. The van der Waals surface area contributed by atoms with Gasteiger partial charge in [0.1, 0.15) is 23.0 Å². The molecule has 0 N–H and O–H groups in total. The van der Waals surface area contributed by atoms with Gasteiger partial charge in [0.05, 0.1) is 27.6 Å². The maximum atomic E-state index is 7.29. The molecule has 2 atom stereocenters. The van der Waals surface area contributed by atoms with Gasteiger partial charge in [-0.05, 0) is 71.3 Å². The number of allylic oxidation sites excluding steroid dienone is 2. The highest BCUT2D eigenvalue weighted by atomic mass is 16.5. The number of hydrogen-bond donors (Lipinski definition) is 0. The van der Waals surface area contributed by atoms with Crippen molar-refractivity contribution >= 4 is 71.1 Å². The minimum Gasteiger partial charge on any atom is -0.484 e. The number of aromatic nitrogens is 2. The summed E-state index contributed by atoms with van der Waals surface area (Å²) in [5.41, 5.74) is 16.4. The van der Waals surface area contributed by atoms with Crippen molar-refractivity contribution in [3.63, 3.8) is 0 Å². The van der Waals surface area contributed by atoms with Crippen LogP contribution in [-0.4, -0.2) is 15.2 Å². The lowest BCUT2D eigenvalue weighted by Crippen LogP contribution is -2.21. The van der Waals surface area contributed by atoms with Gasteiger partial charge in [-0.1, -0.05) is 164 Å². The van der Waals surface area contributed by atoms with Gasteiger partial charge in [0.15, 0.2) is 0 Å². The van der Waals surface area contributed by atoms with E-state index in [-0.39, 0.29) is 12.0 Å². The number of fused-ring (bicyclic) bond motifs is 12. The van der Waals surface area contributed by atoms with Crippen molar-refractivity contribution in [1.29, 1.82) is 0 Å². The second kappa shape index (κ2) is 13.6. The molecule has 3 aromatic heterocycles. The fourth-order valence-electron chi connectivity index (χ4n) is 10.9. The molecule has 0 fully saturated rings. The summed E-state index contributed by atoms with van der Waals surface area (Å²) in [5.74, 6) is 0.911. The minimum atomic E-state index is -0.201. The Balaban J connectivity index is 0.905. The van der Waals surface area contributed by atoms with Crippen LogP contribution in [0.1, 0.15) is 17.0 Å². The van der Waals surface area contributed by atoms with Gasteiger partial charge in [0.25, 0.3) is 0 Å². The van der Waals surface area contributed by atoms with Gasteiger partial charge in [0.2, 0.25) is 0 Å². The summed E-state index contributed by atoms with van der Waals surface area (Å²) in [4.78, 5) is 0. The van der Waals surface area contributed by atoms with Crippen molar-refractivity contribution < 1.29 is 9.15 Å². The molecule has 0 amide bonds. The molecule has 4 heteroatoms. The molecule has 0 spiro atoms. The Morgan fingerprint density at radius 2 is 0.922 bits per heavy atom. The van der Waals surface area contributed by atoms with Crippen LogP contribution in [0.25, 0.3) is 105 Å². The molecule has 0 bridgehead atoms. The van der Waals surface area contributed by atoms with Crippen molar-refractivity contribution in [3.05, 3.63) is 230 Å². The van der Waals surface area contributed by atoms with E-state index < -0.39 is 0 Å². The molecular weight excluding hydrogens is 781 g/mol. The van der Waals surface area contributed by atoms with Crippen LogP contribution in [0.4, 0.5) is 0 Å². The van der Waals surface area contributed by atoms with Gasteiger partial charge in [-0.25, -0.2) is 0 Å². The van der Waals surface area contributed by atoms with Crippen LogP contribution < -0.4 is 4.74 Å². The molecule has 0 radical (unpaired) electrons. The Labute approximate surface area is 368 Å². The first-order valence-corrected chi connectivity index (χ1v) is 22.1. The van der Waals surface area contributed by atoms with E-state index in [1.807, 2.05) is 0 Å². The van der Waals surface area contributed by atoms with Crippen molar-refractivity contribution in [2.24, 2.45) is 0 Å². The first-order valence-electron chi connectivity index (χ1n) is 22.1. The molecule has 1 aliphatic carbocycles. The Kier molecular flexibility index (Phi) is 7.48. The molecule has 0 saturated carbocycles. The summed E-state index contributed by atoms with van der Waals surface area (Å²) in [6.07, 6.45) is 6.56. The first-order chi connectivity index (χ1) is 31.8. The fraction of sp³-hybridized carbons (Fsp3) is 0.0333. The van der Waals surface area contributed by atoms with Gasteiger partial charge in [-0.3, -0.25) is 0 Å². The fourth-order valence-corrected chi connectivity index (χ4v) is 10.9. The molecule has 4 nitrogen and oxygen atoms in total. The second-order valence-corrected chi connectivity index (χ2v) is 17.1. The molecule has 300 valence electrons. The van der Waals surface area contributed by atoms with Crippen LogP contribution in [0, 0.1) is 0 Å². The van der Waals surface area contributed by atoms with Gasteiger partial charge in [-0.2, -0.15) is 0 Å². The van der Waals surface area contributed by atoms with Crippen LogP contribution in [0.5, 0.6) is 5.75 Å². The molecule has 9 aromatic carbocycles. The van der Waals surface area contributed by atoms with E-state index in [0.717, 1.165) is 72.5 Å². The lowest BCUT2D eigenvalue weighted by molar-refractivity contribution is 0.279. The van der Waals surface area contributed by atoms with E-state index >= 15 is 0 Å². The van der Waals surface area contributed by atoms with E-state index in [4.69, 9.17) is 9.15 Å². The first kappa shape index (κ1) is 35.3. The summed E-state index contributed by atoms with van der Waals surface area (Å²) < 4.78 is 19.2. The maximum absolute atomic E-state index is 7.29. The third-order valence-electron chi connectivity index (χ3n) is 13.7. The van der Waals surface area contributed by atoms with Crippen LogP contribution in [-0.2, 0) is 0 Å². The van der Waals surface area contributed by atoms with E-state index in [2.05, 4.69) is 228 Å². The number of ether oxygens (including phenoxy) is 1. The van der Waals surface area contributed by atoms with Crippen molar-refractivity contribution in [1.82, 2.24) is 9.13 Å². The summed E-state index contributed by atoms with van der Waals surface area (Å²) in [6, 6.07) is 72.0. The highest BCUT2D eigenvalue weighted by Gasteiger charge is 2.40. The molecular formula is C60H38N2O2. The number of hydrogen-bond acceptors (Lipinski definition) is 2. The van der Waals surface area contributed by atoms with Crippen LogP contribution >= 0.6 is 0 Å². The van der Waals surface area contributed by atoms with E-state index in [1.54, 1.807) is 0 Å². The Morgan fingerprint density at radius 3 is 1.55 bits per heavy atom. The predicted octanol–water partition coefficient (Wildman–Crippen LogP) is 15.6. The minimum absolute atomic E-state index is 0.0230. The van der Waals surface area contributed by atoms with E-state index in [9.17, 15) is 0 Å². The number of para-hydroxylation sites is 5. The summed E-state index contributed by atoms with van der Waals surface area (Å²) in [7, 11) is 0. The molecule has 14 rings (SSSR count). The van der Waals surface area contributed by atoms with Crippen LogP contribution in [0.3, 0.4) is 0 Å². The Bertz CT molecular complexity index is 3850. The highest BCUT2D eigenvalue weighted by Crippen LogP contribution is 2.54. The smallest absolute Gasteiger partial charge is 0.147 e. The zero-order valence-corrected chi connectivity index (χ0v) is 34.7. The molecule has 2 unspecified atom stereocenters. The zero-order valence-electron chi connectivity index (χ0n) is 34.7. The molecule has 2 aliphatic rings. The summed E-state index contributed by atoms with van der Waals surface area (Å²) >= 11 is 0. The summed E-state index contributed by atoms with van der Waals surface area (Å²) in [6.45, 7) is 0. The van der Waals surface area contributed by atoms with Crippen molar-refractivity contribution in [2.75, 3.05) is 0 Å². The van der Waals surface area contributed by atoms with Gasteiger partial charge < -0.3 is 18.3 Å². The van der Waals surface area contributed by atoms with E-state index in [1.165, 1.54) is 49.2 Å². The average molecular weight is 819 g/mol. The molecule has 64 heavy (non-hydrogen) atoms. The van der Waals surface area contributed by atoms with Crippen molar-refractivity contribution in [3.8, 4) is 39.4 Å². The number of furan rings is 1. The largest absolute Gasteiger partial charge is 0.484 e. The van der Waals surface area contributed by atoms with Crippen LogP contribution in [0.15, 0.2) is 223 Å². The third-order valence-corrected chi connectivity index (χ3v) is 13.7. The number of rotatable bonds is 5. The second-order valence-electron chi connectivity index (χ2n) is 17.1. The van der Waals surface area contributed by atoms with Gasteiger partial charge >= 0.3 is 0 Å². The van der Waals surface area contributed by atoms with Crippen molar-refractivity contribution in [2.45, 2.75) is 12.0 Å². The quantitative estimate of drug-likeness (QED) is 0.173. The molecule has 4 heterocycles. The lowest BCUT2D eigenvalue weighted by Gasteiger charge is -2.23. The lowest BCUT2D eigenvalue weighted by atomic mass is 9.83. The molecule has 12 aromatic rings. The molecule has 1 aliphatic heterocycles. The summed E-state index contributed by atoms with van der Waals surface area (Å²) in [5, 5.41) is 7.18. The SMILES string of the molecule is C1=CC2c3cc4c(oc5c(-c6cccc(-n7c8ccccc8c8ccccc87)c6)cccc54)c(-c4ccccc4)c3OC2C(c2cccc(-n3c4ccccc4c4ccccc43)c2)=C1. The normalized spacial score (nSPS) is 15.7. The monoisotopic (exact) mass is 818 g/mol. The Morgan fingerprint density at radius 1 is 0.406 bits per heavy atom. The predicted molar refractivity (Wildman–Crippen MR) is 264 cm³/mol. The number of benzene rings is 9. The maximum Gasteiger partial charge on any atom is 0.147 e. The number of nitrogens with zero attached hydrogens (tertiary/aromatic N) is 2. The standard InChI is InChI=1S/C60H38N2O2/c1-2-16-37(17-3-1)56-59-50(48-28-14-26-42(57(48)63-59)38-18-12-20-40(34-38)61-52-30-8-4-22-44(52)45-23-5-9-31-53(45)61)36-51-49-29-15-27-43(58(49)64-60(51)56)39-19-13-21-41(35-39)62-54-32-10-6-24-46(54)47-25-7-11-33-55(47)62/h1-36,48,57H. The third kappa shape index (κ3) is 5.05. The molecule has 0 saturated heterocycles. The highest BCUT2D eigenvalue weighted by molar-refractivity contribution is 6.15. The topological polar surface area (TPSA) is 32.2 Å². The average Bonchev–Trinajstić information content (AvgIpc) is 4.11. The van der Waals surface area contributed by atoms with E-state index in [0.29, 0.717) is 0 Å². The van der Waals surface area contributed by atoms with Gasteiger partial charge in [0, 0.05) is 66.3 Å². The zero-order chi connectivity index (χ0) is 41.9. The van der Waals surface area contributed by atoms with Crippen LogP contribution in [0.2, 0.25) is 0 Å².